The monoisotopic (exact) mass is 338 g/mol. The van der Waals surface area contributed by atoms with Gasteiger partial charge in [-0.1, -0.05) is 0 Å². The lowest BCUT2D eigenvalue weighted by atomic mass is 10.2. The molecule has 0 radical (unpaired) electrons. The standard InChI is InChI=1S/C14H15BrN2O3/c1-9(18)17-12-5-3-10(7-13(12)19-2)16-8-11-4-6-14(15)20-11/h3-7,16H,8H2,1-2H3,(H,17,18). The van der Waals surface area contributed by atoms with Gasteiger partial charge in [0.1, 0.15) is 11.5 Å². The van der Waals surface area contributed by atoms with Gasteiger partial charge in [-0.3, -0.25) is 4.79 Å². The highest BCUT2D eigenvalue weighted by Gasteiger charge is 2.06. The van der Waals surface area contributed by atoms with Crippen LogP contribution in [0.4, 0.5) is 11.4 Å². The number of nitrogens with one attached hydrogen (secondary N) is 2. The third-order valence-corrected chi connectivity index (χ3v) is 3.03. The normalized spacial score (nSPS) is 10.2. The van der Waals surface area contributed by atoms with Crippen molar-refractivity contribution in [2.75, 3.05) is 17.7 Å². The molecular formula is C14H15BrN2O3. The lowest BCUT2D eigenvalue weighted by molar-refractivity contribution is -0.114. The molecule has 0 bridgehead atoms. The van der Waals surface area contributed by atoms with Gasteiger partial charge in [-0.2, -0.15) is 0 Å². The summed E-state index contributed by atoms with van der Waals surface area (Å²) in [6.45, 7) is 2.02. The van der Waals surface area contributed by atoms with Crippen LogP contribution in [0, 0.1) is 0 Å². The summed E-state index contributed by atoms with van der Waals surface area (Å²) in [5.74, 6) is 1.29. The van der Waals surface area contributed by atoms with Crippen molar-refractivity contribution < 1.29 is 13.9 Å². The van der Waals surface area contributed by atoms with Crippen molar-refractivity contribution in [2.24, 2.45) is 0 Å². The number of carbonyl (C=O) groups excluding carboxylic acids is 1. The zero-order valence-corrected chi connectivity index (χ0v) is 12.8. The largest absolute Gasteiger partial charge is 0.494 e. The predicted octanol–water partition coefficient (Wildman–Crippen LogP) is 3.62. The van der Waals surface area contributed by atoms with Gasteiger partial charge in [-0.25, -0.2) is 0 Å². The average molecular weight is 339 g/mol. The zero-order valence-electron chi connectivity index (χ0n) is 11.2. The maximum atomic E-state index is 11.1. The number of halogens is 1. The summed E-state index contributed by atoms with van der Waals surface area (Å²) in [5.41, 5.74) is 1.52. The minimum atomic E-state index is -0.135. The summed E-state index contributed by atoms with van der Waals surface area (Å²) in [5, 5.41) is 5.93. The van der Waals surface area contributed by atoms with Crippen LogP contribution >= 0.6 is 15.9 Å². The number of ether oxygens (including phenoxy) is 1. The molecule has 1 aromatic carbocycles. The quantitative estimate of drug-likeness (QED) is 0.873. The Balaban J connectivity index is 2.07. The number of rotatable bonds is 5. The van der Waals surface area contributed by atoms with Gasteiger partial charge in [0.2, 0.25) is 5.91 Å². The van der Waals surface area contributed by atoms with Crippen molar-refractivity contribution >= 4 is 33.2 Å². The van der Waals surface area contributed by atoms with Crippen LogP contribution in [-0.4, -0.2) is 13.0 Å². The molecule has 2 N–H and O–H groups in total. The number of carbonyl (C=O) groups is 1. The number of hydrogen-bond acceptors (Lipinski definition) is 4. The fraction of sp³-hybridized carbons (Fsp3) is 0.214. The van der Waals surface area contributed by atoms with Crippen LogP contribution in [0.5, 0.6) is 5.75 Å². The Morgan fingerprint density at radius 2 is 2.15 bits per heavy atom. The van der Waals surface area contributed by atoms with E-state index >= 15 is 0 Å². The van der Waals surface area contributed by atoms with E-state index in [-0.39, 0.29) is 5.91 Å². The summed E-state index contributed by atoms with van der Waals surface area (Å²) >= 11 is 3.26. The Hall–Kier alpha value is -1.95. The molecule has 0 saturated heterocycles. The van der Waals surface area contributed by atoms with Gasteiger partial charge in [0.15, 0.2) is 4.67 Å². The molecule has 0 unspecified atom stereocenters. The second-order valence-electron chi connectivity index (χ2n) is 4.16. The van der Waals surface area contributed by atoms with E-state index in [0.717, 1.165) is 11.4 Å². The summed E-state index contributed by atoms with van der Waals surface area (Å²) < 4.78 is 11.4. The van der Waals surface area contributed by atoms with Crippen molar-refractivity contribution in [2.45, 2.75) is 13.5 Å². The number of benzene rings is 1. The van der Waals surface area contributed by atoms with Crippen molar-refractivity contribution in [3.05, 3.63) is 40.8 Å². The lowest BCUT2D eigenvalue weighted by Gasteiger charge is -2.11. The molecule has 0 spiro atoms. The number of methoxy groups -OCH3 is 1. The van der Waals surface area contributed by atoms with E-state index < -0.39 is 0 Å². The predicted molar refractivity (Wildman–Crippen MR) is 81.0 cm³/mol. The van der Waals surface area contributed by atoms with Crippen molar-refractivity contribution in [3.8, 4) is 5.75 Å². The number of anilines is 2. The maximum absolute atomic E-state index is 11.1. The third-order valence-electron chi connectivity index (χ3n) is 2.61. The minimum Gasteiger partial charge on any atom is -0.494 e. The highest BCUT2D eigenvalue weighted by molar-refractivity contribution is 9.10. The second-order valence-corrected chi connectivity index (χ2v) is 4.94. The Kier molecular flexibility index (Phi) is 4.68. The molecule has 0 saturated carbocycles. The van der Waals surface area contributed by atoms with Crippen LogP contribution < -0.4 is 15.4 Å². The first kappa shape index (κ1) is 14.5. The molecular weight excluding hydrogens is 324 g/mol. The smallest absolute Gasteiger partial charge is 0.221 e. The molecule has 2 aromatic rings. The van der Waals surface area contributed by atoms with E-state index in [2.05, 4.69) is 26.6 Å². The molecule has 1 heterocycles. The number of furan rings is 1. The molecule has 0 aliphatic rings. The summed E-state index contributed by atoms with van der Waals surface area (Å²) in [7, 11) is 1.56. The second kappa shape index (κ2) is 6.47. The molecule has 20 heavy (non-hydrogen) atoms. The van der Waals surface area contributed by atoms with Gasteiger partial charge in [-0.05, 0) is 40.2 Å². The minimum absolute atomic E-state index is 0.135. The molecule has 6 heteroatoms. The van der Waals surface area contributed by atoms with Gasteiger partial charge in [-0.15, -0.1) is 0 Å². The lowest BCUT2D eigenvalue weighted by Crippen LogP contribution is -2.07. The van der Waals surface area contributed by atoms with Gasteiger partial charge >= 0.3 is 0 Å². The highest BCUT2D eigenvalue weighted by Crippen LogP contribution is 2.28. The summed E-state index contributed by atoms with van der Waals surface area (Å²) in [4.78, 5) is 11.1. The molecule has 0 fully saturated rings. The van der Waals surface area contributed by atoms with Crippen LogP contribution in [0.2, 0.25) is 0 Å². The Bertz CT molecular complexity index is 610. The molecule has 1 amide bonds. The van der Waals surface area contributed by atoms with E-state index in [1.165, 1.54) is 6.92 Å². The molecule has 0 aliphatic heterocycles. The number of hydrogen-bond donors (Lipinski definition) is 2. The zero-order chi connectivity index (χ0) is 14.5. The molecule has 106 valence electrons. The molecule has 0 atom stereocenters. The summed E-state index contributed by atoms with van der Waals surface area (Å²) in [6.07, 6.45) is 0. The number of amides is 1. The van der Waals surface area contributed by atoms with Crippen molar-refractivity contribution in [1.82, 2.24) is 0 Å². The molecule has 0 aliphatic carbocycles. The van der Waals surface area contributed by atoms with Gasteiger partial charge in [0, 0.05) is 18.7 Å². The highest BCUT2D eigenvalue weighted by atomic mass is 79.9. The van der Waals surface area contributed by atoms with E-state index in [9.17, 15) is 4.79 Å². The van der Waals surface area contributed by atoms with Gasteiger partial charge < -0.3 is 19.8 Å². The van der Waals surface area contributed by atoms with Gasteiger partial charge in [0.05, 0.1) is 19.3 Å². The fourth-order valence-corrected chi connectivity index (χ4v) is 2.07. The summed E-state index contributed by atoms with van der Waals surface area (Å²) in [6, 6.07) is 9.22. The molecule has 1 aromatic heterocycles. The topological polar surface area (TPSA) is 63.5 Å². The first-order valence-electron chi connectivity index (χ1n) is 6.02. The van der Waals surface area contributed by atoms with Crippen molar-refractivity contribution in [3.63, 3.8) is 0 Å². The van der Waals surface area contributed by atoms with Crippen LogP contribution in [0.1, 0.15) is 12.7 Å². The Morgan fingerprint density at radius 1 is 1.35 bits per heavy atom. The SMILES string of the molecule is COc1cc(NCc2ccc(Br)o2)ccc1NC(C)=O. The maximum Gasteiger partial charge on any atom is 0.221 e. The Labute approximate surface area is 125 Å². The first-order chi connectivity index (χ1) is 9.58. The van der Waals surface area contributed by atoms with Crippen LogP contribution in [0.15, 0.2) is 39.4 Å². The van der Waals surface area contributed by atoms with E-state index in [1.54, 1.807) is 13.2 Å². The first-order valence-corrected chi connectivity index (χ1v) is 6.81. The van der Waals surface area contributed by atoms with E-state index in [0.29, 0.717) is 22.7 Å². The van der Waals surface area contributed by atoms with Crippen LogP contribution in [-0.2, 0) is 11.3 Å². The van der Waals surface area contributed by atoms with Crippen LogP contribution in [0.25, 0.3) is 0 Å². The van der Waals surface area contributed by atoms with E-state index in [4.69, 9.17) is 9.15 Å². The Morgan fingerprint density at radius 3 is 2.75 bits per heavy atom. The van der Waals surface area contributed by atoms with Crippen LogP contribution in [0.3, 0.4) is 0 Å². The molecule has 2 rings (SSSR count). The van der Waals surface area contributed by atoms with Gasteiger partial charge in [0.25, 0.3) is 0 Å². The van der Waals surface area contributed by atoms with Crippen molar-refractivity contribution in [1.29, 1.82) is 0 Å². The average Bonchev–Trinajstić information content (AvgIpc) is 2.83. The molecule has 5 nitrogen and oxygen atoms in total. The third kappa shape index (κ3) is 3.77. The fourth-order valence-electron chi connectivity index (χ4n) is 1.73. The van der Waals surface area contributed by atoms with E-state index in [1.807, 2.05) is 24.3 Å².